The highest BCUT2D eigenvalue weighted by atomic mass is 16.1. The van der Waals surface area contributed by atoms with E-state index in [1.807, 2.05) is 12.1 Å². The number of nitrogens with one attached hydrogen (secondary N) is 2. The summed E-state index contributed by atoms with van der Waals surface area (Å²) in [5.41, 5.74) is 1.46. The molecule has 2 aromatic rings. The topological polar surface area (TPSA) is 84.7 Å². The van der Waals surface area contributed by atoms with Crippen LogP contribution in [0.1, 0.15) is 30.6 Å². The smallest absolute Gasteiger partial charge is 0.251 e. The number of carbonyl (C=O) groups excluding carboxylic acids is 1. The molecule has 116 valence electrons. The van der Waals surface area contributed by atoms with E-state index in [-0.39, 0.29) is 18.0 Å². The monoisotopic (exact) mass is 300 g/mol. The van der Waals surface area contributed by atoms with Crippen LogP contribution in [0.15, 0.2) is 30.6 Å². The number of carbonyl (C=O) groups is 1. The first-order chi connectivity index (χ1) is 10.6. The molecule has 1 aliphatic rings. The third-order valence-corrected chi connectivity index (χ3v) is 4.26. The van der Waals surface area contributed by atoms with Crippen molar-refractivity contribution in [2.75, 3.05) is 6.54 Å². The van der Waals surface area contributed by atoms with Gasteiger partial charge in [0.05, 0.1) is 5.69 Å². The predicted octanol–water partition coefficient (Wildman–Crippen LogP) is 0.779. The van der Waals surface area contributed by atoms with Crippen LogP contribution in [0.5, 0.6) is 0 Å². The van der Waals surface area contributed by atoms with Gasteiger partial charge in [-0.1, -0.05) is 6.92 Å². The number of hydrogen-bond donors (Lipinski definition) is 2. The molecule has 2 N–H and O–H groups in total. The van der Waals surface area contributed by atoms with E-state index in [9.17, 15) is 4.79 Å². The van der Waals surface area contributed by atoms with Gasteiger partial charge in [-0.25, -0.2) is 4.68 Å². The predicted molar refractivity (Wildman–Crippen MR) is 81.7 cm³/mol. The van der Waals surface area contributed by atoms with Crippen molar-refractivity contribution >= 4 is 5.91 Å². The van der Waals surface area contributed by atoms with E-state index in [4.69, 9.17) is 0 Å². The lowest BCUT2D eigenvalue weighted by molar-refractivity contribution is 0.0897. The van der Waals surface area contributed by atoms with E-state index >= 15 is 0 Å². The van der Waals surface area contributed by atoms with Crippen LogP contribution in [0.3, 0.4) is 0 Å². The minimum absolute atomic E-state index is 0.0457. The van der Waals surface area contributed by atoms with Crippen LogP contribution in [-0.2, 0) is 0 Å². The normalized spacial score (nSPS) is 24.9. The molecule has 0 spiro atoms. The van der Waals surface area contributed by atoms with Crippen LogP contribution >= 0.6 is 0 Å². The molecule has 1 aromatic carbocycles. The Morgan fingerprint density at radius 1 is 1.32 bits per heavy atom. The maximum atomic E-state index is 12.4. The zero-order valence-electron chi connectivity index (χ0n) is 12.7. The van der Waals surface area contributed by atoms with E-state index < -0.39 is 0 Å². The largest absolute Gasteiger partial charge is 0.347 e. The molecule has 1 aliphatic heterocycles. The lowest BCUT2D eigenvalue weighted by Crippen LogP contribution is -2.55. The number of piperidine rings is 1. The minimum atomic E-state index is -0.0457. The van der Waals surface area contributed by atoms with Crippen molar-refractivity contribution in [2.24, 2.45) is 5.92 Å². The van der Waals surface area contributed by atoms with Crippen LogP contribution < -0.4 is 10.6 Å². The molecule has 0 saturated carbocycles. The fourth-order valence-electron chi connectivity index (χ4n) is 2.89. The van der Waals surface area contributed by atoms with Gasteiger partial charge in [-0.3, -0.25) is 4.79 Å². The van der Waals surface area contributed by atoms with Gasteiger partial charge in [0.15, 0.2) is 0 Å². The fraction of sp³-hybridized carbons (Fsp3) is 0.467. The molecule has 0 radical (unpaired) electrons. The zero-order valence-corrected chi connectivity index (χ0v) is 12.7. The van der Waals surface area contributed by atoms with Crippen molar-refractivity contribution in [1.82, 2.24) is 30.8 Å². The Labute approximate surface area is 129 Å². The van der Waals surface area contributed by atoms with Gasteiger partial charge >= 0.3 is 0 Å². The molecule has 1 saturated heterocycles. The van der Waals surface area contributed by atoms with Crippen LogP contribution in [0.25, 0.3) is 5.69 Å². The van der Waals surface area contributed by atoms with Gasteiger partial charge in [-0.05, 0) is 60.5 Å². The maximum absolute atomic E-state index is 12.4. The van der Waals surface area contributed by atoms with Crippen molar-refractivity contribution in [3.63, 3.8) is 0 Å². The first-order valence-corrected chi connectivity index (χ1v) is 7.53. The summed E-state index contributed by atoms with van der Waals surface area (Å²) in [6, 6.07) is 7.68. The minimum Gasteiger partial charge on any atom is -0.347 e. The highest BCUT2D eigenvalue weighted by Crippen LogP contribution is 2.17. The third-order valence-electron chi connectivity index (χ3n) is 4.26. The number of amides is 1. The number of benzene rings is 1. The average Bonchev–Trinajstić information content (AvgIpc) is 3.05. The van der Waals surface area contributed by atoms with Crippen molar-refractivity contribution in [3.05, 3.63) is 36.2 Å². The van der Waals surface area contributed by atoms with Gasteiger partial charge in [0.1, 0.15) is 6.33 Å². The van der Waals surface area contributed by atoms with Crippen molar-refractivity contribution in [3.8, 4) is 5.69 Å². The first kappa shape index (κ1) is 14.6. The van der Waals surface area contributed by atoms with Crippen LogP contribution in [-0.4, -0.2) is 44.7 Å². The molecular formula is C15H20N6O. The van der Waals surface area contributed by atoms with Gasteiger partial charge in [0.25, 0.3) is 5.91 Å². The highest BCUT2D eigenvalue weighted by Gasteiger charge is 2.28. The molecule has 2 heterocycles. The second-order valence-electron chi connectivity index (χ2n) is 5.81. The summed E-state index contributed by atoms with van der Waals surface area (Å²) in [4.78, 5) is 12.4. The second-order valence-corrected chi connectivity index (χ2v) is 5.81. The summed E-state index contributed by atoms with van der Waals surface area (Å²) in [5, 5.41) is 17.6. The quantitative estimate of drug-likeness (QED) is 0.875. The molecule has 7 nitrogen and oxygen atoms in total. The molecule has 1 fully saturated rings. The number of nitrogens with zero attached hydrogens (tertiary/aromatic N) is 4. The van der Waals surface area contributed by atoms with Gasteiger partial charge in [0.2, 0.25) is 0 Å². The van der Waals surface area contributed by atoms with E-state index in [2.05, 4.69) is 40.0 Å². The molecule has 3 atom stereocenters. The number of aromatic nitrogens is 4. The molecule has 1 aromatic heterocycles. The Kier molecular flexibility index (Phi) is 4.15. The van der Waals surface area contributed by atoms with Crippen LogP contribution in [0, 0.1) is 5.92 Å². The van der Waals surface area contributed by atoms with Gasteiger partial charge in [0, 0.05) is 17.6 Å². The Morgan fingerprint density at radius 3 is 2.73 bits per heavy atom. The van der Waals surface area contributed by atoms with Gasteiger partial charge in [-0.15, -0.1) is 5.10 Å². The maximum Gasteiger partial charge on any atom is 0.251 e. The van der Waals surface area contributed by atoms with Crippen molar-refractivity contribution < 1.29 is 4.79 Å². The highest BCUT2D eigenvalue weighted by molar-refractivity contribution is 5.94. The van der Waals surface area contributed by atoms with E-state index in [1.54, 1.807) is 16.8 Å². The average molecular weight is 300 g/mol. The Morgan fingerprint density at radius 2 is 2.09 bits per heavy atom. The summed E-state index contributed by atoms with van der Waals surface area (Å²) < 4.78 is 1.55. The fourth-order valence-corrected chi connectivity index (χ4v) is 2.89. The SMILES string of the molecule is CC1CCNC(C)C1NC(=O)c1ccc(-n2cnnn2)cc1. The summed E-state index contributed by atoms with van der Waals surface area (Å²) in [5.74, 6) is 0.427. The molecule has 0 bridgehead atoms. The van der Waals surface area contributed by atoms with E-state index in [0.29, 0.717) is 11.5 Å². The summed E-state index contributed by atoms with van der Waals surface area (Å²) in [6.45, 7) is 5.31. The Bertz CT molecular complexity index is 614. The van der Waals surface area contributed by atoms with Crippen LogP contribution in [0.2, 0.25) is 0 Å². The van der Waals surface area contributed by atoms with Crippen molar-refractivity contribution in [2.45, 2.75) is 32.4 Å². The van der Waals surface area contributed by atoms with Gasteiger partial charge < -0.3 is 10.6 Å². The number of hydrogen-bond acceptors (Lipinski definition) is 5. The second kappa shape index (κ2) is 6.23. The van der Waals surface area contributed by atoms with E-state index in [0.717, 1.165) is 18.7 Å². The third kappa shape index (κ3) is 2.99. The molecule has 7 heteroatoms. The first-order valence-electron chi connectivity index (χ1n) is 7.53. The molecule has 22 heavy (non-hydrogen) atoms. The molecule has 3 rings (SSSR count). The number of rotatable bonds is 3. The summed E-state index contributed by atoms with van der Waals surface area (Å²) >= 11 is 0. The molecule has 0 aliphatic carbocycles. The Balaban J connectivity index is 1.69. The molecule has 1 amide bonds. The molecular weight excluding hydrogens is 280 g/mol. The summed E-state index contributed by atoms with van der Waals surface area (Å²) in [6.07, 6.45) is 2.60. The number of tetrazole rings is 1. The van der Waals surface area contributed by atoms with Crippen molar-refractivity contribution in [1.29, 1.82) is 0 Å². The lowest BCUT2D eigenvalue weighted by atomic mass is 9.89. The Hall–Kier alpha value is -2.28. The summed E-state index contributed by atoms with van der Waals surface area (Å²) in [7, 11) is 0. The standard InChI is InChI=1S/C15H20N6O/c1-10-7-8-16-11(2)14(10)18-15(22)12-3-5-13(6-4-12)21-9-17-19-20-21/h3-6,9-11,14,16H,7-8H2,1-2H3,(H,18,22). The van der Waals surface area contributed by atoms with E-state index in [1.165, 1.54) is 6.33 Å². The van der Waals surface area contributed by atoms with Crippen LogP contribution in [0.4, 0.5) is 0 Å². The zero-order chi connectivity index (χ0) is 15.5. The lowest BCUT2D eigenvalue weighted by Gasteiger charge is -2.36. The molecule has 3 unspecified atom stereocenters. The van der Waals surface area contributed by atoms with Gasteiger partial charge in [-0.2, -0.15) is 0 Å².